The number of nitrogen functional groups attached to an aromatic ring is 1. The van der Waals surface area contributed by atoms with Crippen molar-refractivity contribution in [3.05, 3.63) is 35.5 Å². The van der Waals surface area contributed by atoms with Crippen LogP contribution >= 0.6 is 0 Å². The Labute approximate surface area is 147 Å². The minimum absolute atomic E-state index is 0.527. The van der Waals surface area contributed by atoms with Crippen LogP contribution in [0.25, 0.3) is 11.3 Å². The molecule has 132 valence electrons. The summed E-state index contributed by atoms with van der Waals surface area (Å²) in [6, 6.07) is 8.88. The van der Waals surface area contributed by atoms with E-state index in [0.717, 1.165) is 12.1 Å². The normalized spacial score (nSPS) is 11.1. The predicted molar refractivity (Wildman–Crippen MR) is 104 cm³/mol. The second kappa shape index (κ2) is 10.2. The number of hydrogen-bond donors (Lipinski definition) is 2. The minimum atomic E-state index is 0.527. The van der Waals surface area contributed by atoms with Crippen LogP contribution in [0.5, 0.6) is 0 Å². The molecule has 0 radical (unpaired) electrons. The third-order valence-corrected chi connectivity index (χ3v) is 4.62. The van der Waals surface area contributed by atoms with E-state index < -0.39 is 0 Å². The lowest BCUT2D eigenvalue weighted by molar-refractivity contribution is 0.662. The highest BCUT2D eigenvalue weighted by Crippen LogP contribution is 2.25. The van der Waals surface area contributed by atoms with Crippen molar-refractivity contribution in [2.75, 3.05) is 5.73 Å². The molecule has 3 heteroatoms. The molecule has 0 saturated carbocycles. The van der Waals surface area contributed by atoms with Crippen molar-refractivity contribution in [1.29, 1.82) is 0 Å². The van der Waals surface area contributed by atoms with Gasteiger partial charge >= 0.3 is 0 Å². The molecule has 3 nitrogen and oxygen atoms in total. The van der Waals surface area contributed by atoms with Crippen molar-refractivity contribution in [1.82, 2.24) is 9.97 Å². The summed E-state index contributed by atoms with van der Waals surface area (Å²) >= 11 is 0. The molecule has 3 N–H and O–H groups in total. The summed E-state index contributed by atoms with van der Waals surface area (Å²) in [6.07, 6.45) is 12.5. The highest BCUT2D eigenvalue weighted by molar-refractivity contribution is 5.64. The van der Waals surface area contributed by atoms with Gasteiger partial charge in [-0.2, -0.15) is 0 Å². The van der Waals surface area contributed by atoms with E-state index in [1.807, 2.05) is 0 Å². The highest BCUT2D eigenvalue weighted by Gasteiger charge is 2.10. The van der Waals surface area contributed by atoms with Gasteiger partial charge in [0.15, 0.2) is 5.95 Å². The molecular weight excluding hydrogens is 294 g/mol. The van der Waals surface area contributed by atoms with E-state index in [4.69, 9.17) is 5.73 Å². The second-order valence-electron chi connectivity index (χ2n) is 6.77. The number of unbranched alkanes of at least 4 members (excludes halogenated alkanes) is 6. The first-order valence-electron chi connectivity index (χ1n) is 9.68. The maximum absolute atomic E-state index is 5.90. The number of nitrogens with zero attached hydrogens (tertiary/aromatic N) is 1. The molecule has 0 fully saturated rings. The number of aromatic amines is 1. The number of benzene rings is 1. The molecule has 24 heavy (non-hydrogen) atoms. The zero-order valence-electron chi connectivity index (χ0n) is 15.4. The van der Waals surface area contributed by atoms with Gasteiger partial charge in [-0.05, 0) is 31.2 Å². The van der Waals surface area contributed by atoms with E-state index in [-0.39, 0.29) is 0 Å². The second-order valence-corrected chi connectivity index (χ2v) is 6.77. The van der Waals surface area contributed by atoms with Crippen molar-refractivity contribution in [3.8, 4) is 11.3 Å². The van der Waals surface area contributed by atoms with Crippen LogP contribution in [0.1, 0.15) is 76.5 Å². The first-order chi connectivity index (χ1) is 11.7. The maximum Gasteiger partial charge on any atom is 0.198 e. The monoisotopic (exact) mass is 327 g/mol. The Balaban J connectivity index is 1.97. The zero-order valence-corrected chi connectivity index (χ0v) is 15.4. The SMILES string of the molecule is CCCCCCc1ccc(-c2nc(N)[nH]c2CCCCCC)cc1. The molecule has 2 rings (SSSR count). The fourth-order valence-corrected chi connectivity index (χ4v) is 3.16. The Morgan fingerprint density at radius 2 is 1.46 bits per heavy atom. The number of anilines is 1. The average molecular weight is 328 g/mol. The molecule has 0 unspecified atom stereocenters. The van der Waals surface area contributed by atoms with Crippen LogP contribution in [0.2, 0.25) is 0 Å². The Bertz CT molecular complexity index is 584. The lowest BCUT2D eigenvalue weighted by atomic mass is 10.0. The van der Waals surface area contributed by atoms with Gasteiger partial charge in [0, 0.05) is 11.3 Å². The van der Waals surface area contributed by atoms with E-state index in [1.165, 1.54) is 74.6 Å². The first kappa shape index (κ1) is 18.6. The molecule has 0 saturated heterocycles. The van der Waals surface area contributed by atoms with Crippen LogP contribution in [0, 0.1) is 0 Å². The minimum Gasteiger partial charge on any atom is -0.369 e. The van der Waals surface area contributed by atoms with Gasteiger partial charge < -0.3 is 10.7 Å². The summed E-state index contributed by atoms with van der Waals surface area (Å²) in [4.78, 5) is 7.77. The van der Waals surface area contributed by atoms with Gasteiger partial charge in [0.1, 0.15) is 0 Å². The van der Waals surface area contributed by atoms with Crippen molar-refractivity contribution in [3.63, 3.8) is 0 Å². The summed E-state index contributed by atoms with van der Waals surface area (Å²) in [5, 5.41) is 0. The Morgan fingerprint density at radius 1 is 0.833 bits per heavy atom. The molecular formula is C21H33N3. The fraction of sp³-hybridized carbons (Fsp3) is 0.571. The van der Waals surface area contributed by atoms with E-state index in [1.54, 1.807) is 0 Å². The first-order valence-corrected chi connectivity index (χ1v) is 9.68. The lowest BCUT2D eigenvalue weighted by Crippen LogP contribution is -1.91. The third kappa shape index (κ3) is 5.70. The van der Waals surface area contributed by atoms with E-state index in [0.29, 0.717) is 5.95 Å². The Kier molecular flexibility index (Phi) is 7.87. The smallest absolute Gasteiger partial charge is 0.198 e. The standard InChI is InChI=1S/C21H33N3/c1-3-5-7-9-11-17-13-15-18(16-14-17)20-19(23-21(22)24-20)12-10-8-6-4-2/h13-16H,3-12H2,1-2H3,(H3,22,23,24). The maximum atomic E-state index is 5.90. The molecule has 0 bridgehead atoms. The topological polar surface area (TPSA) is 54.7 Å². The quantitative estimate of drug-likeness (QED) is 0.504. The van der Waals surface area contributed by atoms with Crippen LogP contribution in [-0.2, 0) is 12.8 Å². The van der Waals surface area contributed by atoms with Crippen LogP contribution in [0.3, 0.4) is 0 Å². The number of H-pyrrole nitrogens is 1. The lowest BCUT2D eigenvalue weighted by Gasteiger charge is -2.05. The fourth-order valence-electron chi connectivity index (χ4n) is 3.16. The van der Waals surface area contributed by atoms with Crippen molar-refractivity contribution < 1.29 is 0 Å². The molecule has 2 aromatic rings. The number of hydrogen-bond acceptors (Lipinski definition) is 2. The van der Waals surface area contributed by atoms with Gasteiger partial charge in [0.2, 0.25) is 0 Å². The number of rotatable bonds is 11. The molecule has 0 aliphatic rings. The van der Waals surface area contributed by atoms with Gasteiger partial charge in [0.25, 0.3) is 0 Å². The number of nitrogens with one attached hydrogen (secondary N) is 1. The molecule has 0 atom stereocenters. The predicted octanol–water partition coefficient (Wildman–Crippen LogP) is 5.90. The van der Waals surface area contributed by atoms with Gasteiger partial charge in [-0.3, -0.25) is 0 Å². The molecule has 0 aliphatic carbocycles. The largest absolute Gasteiger partial charge is 0.369 e. The van der Waals surface area contributed by atoms with E-state index in [9.17, 15) is 0 Å². The van der Waals surface area contributed by atoms with Crippen molar-refractivity contribution >= 4 is 5.95 Å². The van der Waals surface area contributed by atoms with Crippen molar-refractivity contribution in [2.45, 2.75) is 78.1 Å². The summed E-state index contributed by atoms with van der Waals surface area (Å²) < 4.78 is 0. The van der Waals surface area contributed by atoms with Crippen LogP contribution in [0.4, 0.5) is 5.95 Å². The number of nitrogens with two attached hydrogens (primary N) is 1. The molecule has 0 aliphatic heterocycles. The number of imidazole rings is 1. The molecule has 0 spiro atoms. The molecule has 1 aromatic heterocycles. The Hall–Kier alpha value is -1.77. The van der Waals surface area contributed by atoms with Crippen molar-refractivity contribution in [2.24, 2.45) is 0 Å². The molecule has 0 amide bonds. The van der Waals surface area contributed by atoms with Gasteiger partial charge in [-0.25, -0.2) is 4.98 Å². The van der Waals surface area contributed by atoms with Crippen LogP contribution in [-0.4, -0.2) is 9.97 Å². The number of aryl methyl sites for hydroxylation is 2. The molecule has 1 aromatic carbocycles. The van der Waals surface area contributed by atoms with Gasteiger partial charge in [-0.15, -0.1) is 0 Å². The Morgan fingerprint density at radius 3 is 2.08 bits per heavy atom. The average Bonchev–Trinajstić information content (AvgIpc) is 2.97. The van der Waals surface area contributed by atoms with E-state index in [2.05, 4.69) is 48.1 Å². The summed E-state index contributed by atoms with van der Waals surface area (Å²) in [6.45, 7) is 4.49. The van der Waals surface area contributed by atoms with Crippen LogP contribution < -0.4 is 5.73 Å². The summed E-state index contributed by atoms with van der Waals surface area (Å²) in [5.41, 5.74) is 10.7. The van der Waals surface area contributed by atoms with E-state index >= 15 is 0 Å². The summed E-state index contributed by atoms with van der Waals surface area (Å²) in [5.74, 6) is 0.527. The zero-order chi connectivity index (χ0) is 17.2. The number of aromatic nitrogens is 2. The molecule has 1 heterocycles. The summed E-state index contributed by atoms with van der Waals surface area (Å²) in [7, 11) is 0. The van der Waals surface area contributed by atoms with Gasteiger partial charge in [0.05, 0.1) is 5.69 Å². The van der Waals surface area contributed by atoms with Gasteiger partial charge in [-0.1, -0.05) is 76.6 Å². The highest BCUT2D eigenvalue weighted by atomic mass is 15.0. The van der Waals surface area contributed by atoms with Crippen LogP contribution in [0.15, 0.2) is 24.3 Å². The third-order valence-electron chi connectivity index (χ3n) is 4.62.